The molecule has 1 atom stereocenters. The van der Waals surface area contributed by atoms with Crippen molar-refractivity contribution in [1.82, 2.24) is 4.98 Å². The highest BCUT2D eigenvalue weighted by Gasteiger charge is 2.04. The molecule has 0 amide bonds. The Labute approximate surface area is 64.2 Å². The highest BCUT2D eigenvalue weighted by Crippen LogP contribution is 2.04. The lowest BCUT2D eigenvalue weighted by molar-refractivity contribution is 0.565. The summed E-state index contributed by atoms with van der Waals surface area (Å²) in [5.74, 6) is -0.522. The molecule has 0 radical (unpaired) electrons. The summed E-state index contributed by atoms with van der Waals surface area (Å²) in [7, 11) is 0. The lowest BCUT2D eigenvalue weighted by Crippen LogP contribution is -2.21. The fourth-order valence-electron chi connectivity index (χ4n) is 0.751. The van der Waals surface area contributed by atoms with E-state index in [1.165, 1.54) is 6.07 Å². The topological polar surface area (TPSA) is 64.9 Å². The lowest BCUT2D eigenvalue weighted by atomic mass is 10.2. The van der Waals surface area contributed by atoms with Crippen molar-refractivity contribution in [2.75, 3.05) is 6.54 Å². The van der Waals surface area contributed by atoms with Gasteiger partial charge in [0.2, 0.25) is 5.95 Å². The maximum Gasteiger partial charge on any atom is 0.213 e. The number of pyridine rings is 1. The number of nitrogens with zero attached hydrogens (tertiary/aromatic N) is 1. The Morgan fingerprint density at radius 3 is 2.82 bits per heavy atom. The summed E-state index contributed by atoms with van der Waals surface area (Å²) in [4.78, 5) is 3.57. The molecule has 1 unspecified atom stereocenters. The van der Waals surface area contributed by atoms with E-state index in [1.54, 1.807) is 12.1 Å². The first-order valence-electron chi connectivity index (χ1n) is 3.32. The third-order valence-electron chi connectivity index (χ3n) is 1.37. The smallest absolute Gasteiger partial charge is 0.213 e. The quantitative estimate of drug-likeness (QED) is 0.599. The van der Waals surface area contributed by atoms with E-state index >= 15 is 0 Å². The summed E-state index contributed by atoms with van der Waals surface area (Å²) in [6, 6.07) is 4.12. The number of aromatic nitrogens is 1. The number of nitrogens with two attached hydrogens (primary N) is 2. The zero-order chi connectivity index (χ0) is 8.27. The molecule has 4 heteroatoms. The second-order valence-corrected chi connectivity index (χ2v) is 2.23. The van der Waals surface area contributed by atoms with Crippen molar-refractivity contribution < 1.29 is 4.39 Å². The van der Waals surface area contributed by atoms with E-state index in [9.17, 15) is 4.39 Å². The van der Waals surface area contributed by atoms with E-state index in [4.69, 9.17) is 11.5 Å². The number of halogens is 1. The second-order valence-electron chi connectivity index (χ2n) is 2.23. The molecule has 0 aliphatic heterocycles. The fraction of sp³-hybridized carbons (Fsp3) is 0.286. The normalized spacial score (nSPS) is 13.0. The van der Waals surface area contributed by atoms with Gasteiger partial charge in [-0.05, 0) is 12.1 Å². The number of rotatable bonds is 2. The fourth-order valence-corrected chi connectivity index (χ4v) is 0.751. The van der Waals surface area contributed by atoms with Gasteiger partial charge in [0.1, 0.15) is 0 Å². The van der Waals surface area contributed by atoms with Gasteiger partial charge in [-0.3, -0.25) is 0 Å². The van der Waals surface area contributed by atoms with E-state index in [0.717, 1.165) is 0 Å². The molecule has 1 heterocycles. The van der Waals surface area contributed by atoms with Gasteiger partial charge in [0, 0.05) is 6.54 Å². The molecular weight excluding hydrogens is 145 g/mol. The summed E-state index contributed by atoms with van der Waals surface area (Å²) in [5.41, 5.74) is 11.3. The standard InChI is InChI=1S/C7H10FN3/c8-7-3-1-2-6(11-7)5(10)4-9/h1-3,5H,4,9-10H2. The second kappa shape index (κ2) is 3.41. The van der Waals surface area contributed by atoms with E-state index in [2.05, 4.69) is 4.98 Å². The van der Waals surface area contributed by atoms with Crippen LogP contribution >= 0.6 is 0 Å². The van der Waals surface area contributed by atoms with Crippen LogP contribution in [0.4, 0.5) is 4.39 Å². The first kappa shape index (κ1) is 8.10. The monoisotopic (exact) mass is 155 g/mol. The maximum atomic E-state index is 12.5. The maximum absolute atomic E-state index is 12.5. The van der Waals surface area contributed by atoms with Crippen LogP contribution in [0.25, 0.3) is 0 Å². The first-order chi connectivity index (χ1) is 5.24. The Kier molecular flexibility index (Phi) is 2.51. The SMILES string of the molecule is NCC(N)c1cccc(F)n1. The molecule has 3 nitrogen and oxygen atoms in total. The average molecular weight is 155 g/mol. The van der Waals surface area contributed by atoms with E-state index < -0.39 is 5.95 Å². The Morgan fingerprint density at radius 2 is 2.27 bits per heavy atom. The highest BCUT2D eigenvalue weighted by atomic mass is 19.1. The van der Waals surface area contributed by atoms with Crippen molar-refractivity contribution in [2.45, 2.75) is 6.04 Å². The molecule has 0 saturated carbocycles. The van der Waals surface area contributed by atoms with Crippen molar-refractivity contribution in [3.8, 4) is 0 Å². The van der Waals surface area contributed by atoms with Gasteiger partial charge >= 0.3 is 0 Å². The molecule has 0 saturated heterocycles. The Bertz CT molecular complexity index is 239. The molecule has 1 aromatic heterocycles. The Morgan fingerprint density at radius 1 is 1.55 bits per heavy atom. The minimum atomic E-state index is -0.522. The van der Waals surface area contributed by atoms with Crippen LogP contribution in [0.2, 0.25) is 0 Å². The zero-order valence-electron chi connectivity index (χ0n) is 6.00. The highest BCUT2D eigenvalue weighted by molar-refractivity contribution is 5.08. The molecular formula is C7H10FN3. The summed E-state index contributed by atoms with van der Waals surface area (Å²) in [6.07, 6.45) is 0. The van der Waals surface area contributed by atoms with Gasteiger partial charge in [0.15, 0.2) is 0 Å². The zero-order valence-corrected chi connectivity index (χ0v) is 6.00. The van der Waals surface area contributed by atoms with Crippen LogP contribution in [-0.2, 0) is 0 Å². The molecule has 60 valence electrons. The van der Waals surface area contributed by atoms with Crippen LogP contribution in [-0.4, -0.2) is 11.5 Å². The summed E-state index contributed by atoms with van der Waals surface area (Å²) >= 11 is 0. The van der Waals surface area contributed by atoms with Gasteiger partial charge in [-0.25, -0.2) is 4.98 Å². The van der Waals surface area contributed by atoms with Gasteiger partial charge in [-0.2, -0.15) is 4.39 Å². The minimum absolute atomic E-state index is 0.274. The van der Waals surface area contributed by atoms with Gasteiger partial charge in [0.25, 0.3) is 0 Å². The van der Waals surface area contributed by atoms with E-state index in [-0.39, 0.29) is 12.6 Å². The lowest BCUT2D eigenvalue weighted by Gasteiger charge is -2.06. The Hall–Kier alpha value is -1.00. The molecule has 0 spiro atoms. The van der Waals surface area contributed by atoms with Crippen LogP contribution in [0.1, 0.15) is 11.7 Å². The molecule has 0 aromatic carbocycles. The van der Waals surface area contributed by atoms with Crippen LogP contribution in [0.15, 0.2) is 18.2 Å². The first-order valence-corrected chi connectivity index (χ1v) is 3.32. The van der Waals surface area contributed by atoms with Gasteiger partial charge < -0.3 is 11.5 Å². The Balaban J connectivity index is 2.86. The van der Waals surface area contributed by atoms with Gasteiger partial charge in [-0.1, -0.05) is 6.07 Å². The van der Waals surface area contributed by atoms with Crippen LogP contribution in [0.5, 0.6) is 0 Å². The van der Waals surface area contributed by atoms with Crippen LogP contribution < -0.4 is 11.5 Å². The van der Waals surface area contributed by atoms with Crippen LogP contribution in [0.3, 0.4) is 0 Å². The van der Waals surface area contributed by atoms with Crippen molar-refractivity contribution in [2.24, 2.45) is 11.5 Å². The van der Waals surface area contributed by atoms with E-state index in [1.807, 2.05) is 0 Å². The van der Waals surface area contributed by atoms with Crippen molar-refractivity contribution in [3.63, 3.8) is 0 Å². The third-order valence-corrected chi connectivity index (χ3v) is 1.37. The molecule has 0 aliphatic rings. The summed E-state index contributed by atoms with van der Waals surface area (Å²) in [6.45, 7) is 0.274. The van der Waals surface area contributed by atoms with Gasteiger partial charge in [-0.15, -0.1) is 0 Å². The largest absolute Gasteiger partial charge is 0.329 e. The van der Waals surface area contributed by atoms with Gasteiger partial charge in [0.05, 0.1) is 11.7 Å². The average Bonchev–Trinajstić information content (AvgIpc) is 2.03. The molecule has 0 bridgehead atoms. The van der Waals surface area contributed by atoms with Crippen molar-refractivity contribution in [3.05, 3.63) is 29.8 Å². The van der Waals surface area contributed by atoms with Crippen molar-refractivity contribution in [1.29, 1.82) is 0 Å². The molecule has 11 heavy (non-hydrogen) atoms. The molecule has 4 N–H and O–H groups in total. The predicted molar refractivity (Wildman–Crippen MR) is 40.2 cm³/mol. The van der Waals surface area contributed by atoms with E-state index in [0.29, 0.717) is 5.69 Å². The molecule has 0 fully saturated rings. The molecule has 1 aromatic rings. The molecule has 0 aliphatic carbocycles. The van der Waals surface area contributed by atoms with Crippen molar-refractivity contribution >= 4 is 0 Å². The summed E-state index contributed by atoms with van der Waals surface area (Å²) in [5, 5.41) is 0. The number of hydrogen-bond acceptors (Lipinski definition) is 3. The molecule has 1 rings (SSSR count). The predicted octanol–water partition coefficient (Wildman–Crippen LogP) is 0.179. The summed E-state index contributed by atoms with van der Waals surface area (Å²) < 4.78 is 12.5. The number of hydrogen-bond donors (Lipinski definition) is 2. The minimum Gasteiger partial charge on any atom is -0.329 e. The third kappa shape index (κ3) is 1.96. The van der Waals surface area contributed by atoms with Crippen LogP contribution in [0, 0.1) is 5.95 Å².